The molecule has 0 saturated heterocycles. The van der Waals surface area contributed by atoms with Gasteiger partial charge in [0.25, 0.3) is 0 Å². The molecule has 1 aliphatic rings. The summed E-state index contributed by atoms with van der Waals surface area (Å²) in [7, 11) is 1.69. The Balaban J connectivity index is 2.55. The third-order valence-electron chi connectivity index (χ3n) is 0.944. The summed E-state index contributed by atoms with van der Waals surface area (Å²) in [6.45, 7) is 1.58. The molecule has 0 amide bonds. The largest absolute Gasteiger partial charge is 0.358 e. The van der Waals surface area contributed by atoms with Gasteiger partial charge in [0, 0.05) is 13.1 Å². The van der Waals surface area contributed by atoms with Crippen LogP contribution in [0.15, 0.2) is 11.9 Å². The Labute approximate surface area is 52.1 Å². The molecule has 1 rings (SSSR count). The molecule has 5 heteroatoms. The van der Waals surface area contributed by atoms with Crippen LogP contribution in [0.1, 0.15) is 0 Å². The molecule has 0 bridgehead atoms. The summed E-state index contributed by atoms with van der Waals surface area (Å²) in [6.07, 6.45) is 1.40. The normalized spacial score (nSPS) is 19.0. The minimum atomic E-state index is -0.472. The lowest BCUT2D eigenvalue weighted by Crippen LogP contribution is -2.27. The molecule has 0 aromatic rings. The fourth-order valence-electron chi connectivity index (χ4n) is 0.539. The van der Waals surface area contributed by atoms with Crippen LogP contribution in [0.3, 0.4) is 0 Å². The highest BCUT2D eigenvalue weighted by molar-refractivity contribution is 5.03. The Kier molecular flexibility index (Phi) is 1.35. The van der Waals surface area contributed by atoms with E-state index in [1.54, 1.807) is 13.6 Å². The molecule has 0 fully saturated rings. The molecule has 1 heterocycles. The van der Waals surface area contributed by atoms with Crippen LogP contribution in [-0.4, -0.2) is 17.0 Å². The number of hydrogen-bond donors (Lipinski definition) is 1. The van der Waals surface area contributed by atoms with Gasteiger partial charge >= 0.3 is 5.82 Å². The molecule has 9 heavy (non-hydrogen) atoms. The number of rotatable bonds is 1. The number of nitrogens with zero attached hydrogens (tertiary/aromatic N) is 2. The maximum absolute atomic E-state index is 9.98. The first kappa shape index (κ1) is 6.03. The second-order valence-corrected chi connectivity index (χ2v) is 1.68. The predicted molar refractivity (Wildman–Crippen MR) is 30.3 cm³/mol. The highest BCUT2D eigenvalue weighted by atomic mass is 16.6. The summed E-state index contributed by atoms with van der Waals surface area (Å²) in [5, 5.41) is 11.5. The van der Waals surface area contributed by atoms with Gasteiger partial charge in [-0.1, -0.05) is 0 Å². The van der Waals surface area contributed by atoms with E-state index in [1.807, 2.05) is 0 Å². The van der Waals surface area contributed by atoms with E-state index >= 15 is 0 Å². The van der Waals surface area contributed by atoms with Gasteiger partial charge in [0.15, 0.2) is 0 Å². The van der Waals surface area contributed by atoms with Crippen LogP contribution in [0.5, 0.6) is 0 Å². The third-order valence-corrected chi connectivity index (χ3v) is 0.944. The average Bonchev–Trinajstić information content (AvgIpc) is 2.14. The highest BCUT2D eigenvalue weighted by Gasteiger charge is 2.18. The minimum Gasteiger partial charge on any atom is -0.358 e. The first-order valence-corrected chi connectivity index (χ1v) is 2.39. The van der Waals surface area contributed by atoms with E-state index in [9.17, 15) is 10.1 Å². The number of hydrogen-bond acceptors (Lipinski definition) is 4. The van der Waals surface area contributed by atoms with Gasteiger partial charge in [0.2, 0.25) is 0 Å². The van der Waals surface area contributed by atoms with Crippen LogP contribution in [0.2, 0.25) is 0 Å². The van der Waals surface area contributed by atoms with E-state index in [1.165, 1.54) is 11.1 Å². The van der Waals surface area contributed by atoms with Crippen molar-refractivity contribution in [2.75, 3.05) is 7.05 Å². The quantitative estimate of drug-likeness (QED) is 0.389. The topological polar surface area (TPSA) is 58.4 Å². The maximum Gasteiger partial charge on any atom is 0.332 e. The van der Waals surface area contributed by atoms with E-state index < -0.39 is 4.92 Å². The van der Waals surface area contributed by atoms with Gasteiger partial charge in [-0.2, -0.15) is 5.43 Å². The molecular formula is C4H6N3O2. The Bertz CT molecular complexity index is 165. The van der Waals surface area contributed by atoms with Crippen molar-refractivity contribution in [2.24, 2.45) is 0 Å². The highest BCUT2D eigenvalue weighted by Crippen LogP contribution is 2.02. The second kappa shape index (κ2) is 2.02. The Hall–Kier alpha value is -1.10. The van der Waals surface area contributed by atoms with Gasteiger partial charge in [0.1, 0.15) is 0 Å². The van der Waals surface area contributed by atoms with Crippen molar-refractivity contribution in [2.45, 2.75) is 0 Å². The lowest BCUT2D eigenvalue weighted by molar-refractivity contribution is -0.433. The molecule has 0 saturated carbocycles. The number of nitrogens with one attached hydrogen (secondary N) is 1. The Morgan fingerprint density at radius 1 is 1.89 bits per heavy atom. The molecule has 0 atom stereocenters. The van der Waals surface area contributed by atoms with Crippen LogP contribution < -0.4 is 5.43 Å². The average molecular weight is 128 g/mol. The van der Waals surface area contributed by atoms with Crippen molar-refractivity contribution in [3.63, 3.8) is 0 Å². The molecule has 1 aliphatic heterocycles. The summed E-state index contributed by atoms with van der Waals surface area (Å²) in [5.41, 5.74) is 2.49. The molecule has 1 radical (unpaired) electrons. The van der Waals surface area contributed by atoms with Crippen LogP contribution in [0.25, 0.3) is 0 Å². The molecule has 0 aromatic heterocycles. The zero-order valence-corrected chi connectivity index (χ0v) is 4.87. The molecular weight excluding hydrogens is 122 g/mol. The maximum atomic E-state index is 9.98. The second-order valence-electron chi connectivity index (χ2n) is 1.68. The Morgan fingerprint density at radius 2 is 2.56 bits per heavy atom. The summed E-state index contributed by atoms with van der Waals surface area (Å²) >= 11 is 0. The van der Waals surface area contributed by atoms with E-state index in [0.29, 0.717) is 0 Å². The minimum absolute atomic E-state index is 0.0116. The molecule has 0 spiro atoms. The van der Waals surface area contributed by atoms with Crippen molar-refractivity contribution in [3.05, 3.63) is 28.6 Å². The lowest BCUT2D eigenvalue weighted by Gasteiger charge is -2.01. The van der Waals surface area contributed by atoms with Gasteiger partial charge in [-0.05, 0) is 4.92 Å². The zero-order chi connectivity index (χ0) is 6.85. The molecule has 0 unspecified atom stereocenters. The molecule has 49 valence electrons. The summed E-state index contributed by atoms with van der Waals surface area (Å²) in [5.74, 6) is 0.0116. The van der Waals surface area contributed by atoms with Crippen molar-refractivity contribution in [1.82, 2.24) is 10.4 Å². The van der Waals surface area contributed by atoms with E-state index in [0.717, 1.165) is 0 Å². The summed E-state index contributed by atoms with van der Waals surface area (Å²) in [4.78, 5) is 9.50. The molecule has 0 aromatic carbocycles. The van der Waals surface area contributed by atoms with Crippen molar-refractivity contribution in [3.8, 4) is 0 Å². The smallest absolute Gasteiger partial charge is 0.332 e. The fourth-order valence-corrected chi connectivity index (χ4v) is 0.539. The SMILES string of the molecule is CN1[CH]C=C([N+](=O)[O-])N1. The first-order chi connectivity index (χ1) is 4.20. The van der Waals surface area contributed by atoms with Crippen molar-refractivity contribution < 1.29 is 4.92 Å². The monoisotopic (exact) mass is 128 g/mol. The molecule has 1 N–H and O–H groups in total. The van der Waals surface area contributed by atoms with Crippen LogP contribution in [0, 0.1) is 16.7 Å². The number of likely N-dealkylation sites (N-methyl/N-ethyl adjacent to an activating group) is 1. The summed E-state index contributed by atoms with van der Waals surface area (Å²) < 4.78 is 0. The standard InChI is InChI=1S/C4H6N3O2/c1-6-3-2-4(5-6)7(8)9/h2-3,5H,1H3. The number of nitro groups is 1. The third kappa shape index (κ3) is 1.17. The van der Waals surface area contributed by atoms with Gasteiger partial charge in [-0.25, -0.2) is 0 Å². The van der Waals surface area contributed by atoms with E-state index in [4.69, 9.17) is 0 Å². The van der Waals surface area contributed by atoms with Crippen LogP contribution in [-0.2, 0) is 0 Å². The molecule has 5 nitrogen and oxygen atoms in total. The van der Waals surface area contributed by atoms with Gasteiger partial charge in [0.05, 0.1) is 6.54 Å². The van der Waals surface area contributed by atoms with Crippen molar-refractivity contribution in [1.29, 1.82) is 0 Å². The number of hydrazine groups is 1. The fraction of sp³-hybridized carbons (Fsp3) is 0.250. The zero-order valence-electron chi connectivity index (χ0n) is 4.87. The molecule has 0 aliphatic carbocycles. The Morgan fingerprint density at radius 3 is 2.78 bits per heavy atom. The van der Waals surface area contributed by atoms with E-state index in [-0.39, 0.29) is 5.82 Å². The first-order valence-electron chi connectivity index (χ1n) is 2.39. The van der Waals surface area contributed by atoms with E-state index in [2.05, 4.69) is 5.43 Å². The van der Waals surface area contributed by atoms with Gasteiger partial charge < -0.3 is 10.1 Å². The predicted octanol–water partition coefficient (Wildman–Crippen LogP) is -0.284. The summed E-state index contributed by atoms with van der Waals surface area (Å²) in [6, 6.07) is 0. The van der Waals surface area contributed by atoms with Crippen LogP contribution >= 0.6 is 0 Å². The van der Waals surface area contributed by atoms with Gasteiger partial charge in [-0.15, -0.1) is 5.01 Å². The lowest BCUT2D eigenvalue weighted by atomic mass is 10.6. The van der Waals surface area contributed by atoms with Crippen LogP contribution in [0.4, 0.5) is 0 Å². The van der Waals surface area contributed by atoms with Crippen molar-refractivity contribution >= 4 is 0 Å². The van der Waals surface area contributed by atoms with Gasteiger partial charge in [-0.3, -0.25) is 0 Å².